The highest BCUT2D eigenvalue weighted by Crippen LogP contribution is 2.26. The molecule has 4 rings (SSSR count). The SMILES string of the molecule is CC(C)CN1CCCN2C(=O)c3c(CO)c(=O)c(C(=O)NCc4ccc(F)cc4)cn3C[C@@H]12. The molecule has 176 valence electrons. The van der Waals surface area contributed by atoms with Gasteiger partial charge in [-0.05, 0) is 30.0 Å². The van der Waals surface area contributed by atoms with Crippen LogP contribution in [0.5, 0.6) is 0 Å². The van der Waals surface area contributed by atoms with Crippen molar-refractivity contribution in [1.82, 2.24) is 19.7 Å². The van der Waals surface area contributed by atoms with Crippen LogP contribution < -0.4 is 10.7 Å². The summed E-state index contributed by atoms with van der Waals surface area (Å²) in [6, 6.07) is 5.69. The van der Waals surface area contributed by atoms with E-state index in [0.29, 0.717) is 24.6 Å². The number of halogens is 1. The molecule has 1 atom stereocenters. The van der Waals surface area contributed by atoms with Crippen LogP contribution in [0.15, 0.2) is 35.3 Å². The summed E-state index contributed by atoms with van der Waals surface area (Å²) < 4.78 is 14.7. The van der Waals surface area contributed by atoms with Gasteiger partial charge in [-0.1, -0.05) is 26.0 Å². The van der Waals surface area contributed by atoms with Gasteiger partial charge in [0.25, 0.3) is 11.8 Å². The Hall–Kier alpha value is -3.04. The zero-order chi connectivity index (χ0) is 23.7. The Labute approximate surface area is 191 Å². The van der Waals surface area contributed by atoms with E-state index >= 15 is 0 Å². The van der Waals surface area contributed by atoms with E-state index in [1.165, 1.54) is 18.3 Å². The van der Waals surface area contributed by atoms with E-state index in [0.717, 1.165) is 19.5 Å². The lowest BCUT2D eigenvalue weighted by Crippen LogP contribution is -2.61. The molecule has 0 unspecified atom stereocenters. The molecule has 0 bridgehead atoms. The molecule has 8 nitrogen and oxygen atoms in total. The van der Waals surface area contributed by atoms with Crippen LogP contribution in [0, 0.1) is 11.7 Å². The van der Waals surface area contributed by atoms with Gasteiger partial charge in [0.1, 0.15) is 23.2 Å². The largest absolute Gasteiger partial charge is 0.391 e. The molecule has 2 N–H and O–H groups in total. The molecule has 1 saturated heterocycles. The van der Waals surface area contributed by atoms with Crippen LogP contribution in [0.1, 0.15) is 52.2 Å². The van der Waals surface area contributed by atoms with Gasteiger partial charge in [0.15, 0.2) is 0 Å². The maximum atomic E-state index is 13.3. The normalized spacial score (nSPS) is 18.3. The van der Waals surface area contributed by atoms with Crippen LogP contribution in [0.3, 0.4) is 0 Å². The summed E-state index contributed by atoms with van der Waals surface area (Å²) in [4.78, 5) is 43.2. The third-order valence-electron chi connectivity index (χ3n) is 6.19. The summed E-state index contributed by atoms with van der Waals surface area (Å²) in [5, 5.41) is 12.6. The fraction of sp³-hybridized carbons (Fsp3) is 0.458. The predicted octanol–water partition coefficient (Wildman–Crippen LogP) is 1.55. The van der Waals surface area contributed by atoms with E-state index in [9.17, 15) is 23.9 Å². The number of rotatable bonds is 6. The van der Waals surface area contributed by atoms with Gasteiger partial charge in [-0.2, -0.15) is 0 Å². The number of nitrogens with zero attached hydrogens (tertiary/aromatic N) is 3. The van der Waals surface area contributed by atoms with Crippen molar-refractivity contribution in [3.63, 3.8) is 0 Å². The summed E-state index contributed by atoms with van der Waals surface area (Å²) >= 11 is 0. The van der Waals surface area contributed by atoms with E-state index in [1.54, 1.807) is 21.6 Å². The van der Waals surface area contributed by atoms with Gasteiger partial charge >= 0.3 is 0 Å². The second-order valence-electron chi connectivity index (χ2n) is 9.04. The van der Waals surface area contributed by atoms with E-state index in [1.807, 2.05) is 0 Å². The minimum atomic E-state index is -0.650. The number of carbonyl (C=O) groups excluding carboxylic acids is 2. The lowest BCUT2D eigenvalue weighted by molar-refractivity contribution is -0.0146. The first kappa shape index (κ1) is 23.1. The van der Waals surface area contributed by atoms with Crippen LogP contribution in [-0.2, 0) is 19.7 Å². The molecule has 0 spiro atoms. The van der Waals surface area contributed by atoms with Crippen molar-refractivity contribution in [2.24, 2.45) is 5.92 Å². The van der Waals surface area contributed by atoms with Crippen molar-refractivity contribution in [3.8, 4) is 0 Å². The minimum absolute atomic E-state index is 0.0612. The number of amides is 2. The molecule has 1 aromatic heterocycles. The second kappa shape index (κ2) is 9.44. The molecule has 2 aromatic rings. The van der Waals surface area contributed by atoms with Gasteiger partial charge < -0.3 is 19.9 Å². The molecular formula is C24H29FN4O4. The number of fused-ring (bicyclic) bond motifs is 2. The average Bonchev–Trinajstić information content (AvgIpc) is 2.79. The van der Waals surface area contributed by atoms with Crippen molar-refractivity contribution >= 4 is 11.8 Å². The Morgan fingerprint density at radius 2 is 1.94 bits per heavy atom. The molecule has 0 radical (unpaired) electrons. The standard InChI is InChI=1S/C24H29FN4O4/c1-15(2)11-27-8-3-9-29-20(27)13-28-12-18(22(31)19(14-30)21(28)24(29)33)23(32)26-10-16-4-6-17(25)7-5-16/h4-7,12,15,20,30H,3,8-11,13-14H2,1-2H3,(H,26,32)/t20-/m0/s1. The first-order valence-corrected chi connectivity index (χ1v) is 11.2. The number of hydrogen-bond acceptors (Lipinski definition) is 5. The van der Waals surface area contributed by atoms with E-state index in [4.69, 9.17) is 0 Å². The minimum Gasteiger partial charge on any atom is -0.391 e. The van der Waals surface area contributed by atoms with Crippen LogP contribution in [0.25, 0.3) is 0 Å². The van der Waals surface area contributed by atoms with Gasteiger partial charge in [-0.15, -0.1) is 0 Å². The Balaban J connectivity index is 1.65. The molecule has 1 aromatic carbocycles. The number of carbonyl (C=O) groups is 2. The van der Waals surface area contributed by atoms with Crippen LogP contribution in [0.4, 0.5) is 4.39 Å². The summed E-state index contributed by atoms with van der Waals surface area (Å²) in [6.07, 6.45) is 2.11. The van der Waals surface area contributed by atoms with Gasteiger partial charge in [-0.25, -0.2) is 4.39 Å². The van der Waals surface area contributed by atoms with E-state index in [2.05, 4.69) is 24.1 Å². The number of benzene rings is 1. The monoisotopic (exact) mass is 456 g/mol. The first-order chi connectivity index (χ1) is 15.8. The molecule has 2 aliphatic heterocycles. The summed E-state index contributed by atoms with van der Waals surface area (Å²) in [6.45, 7) is 6.46. The summed E-state index contributed by atoms with van der Waals surface area (Å²) in [7, 11) is 0. The topological polar surface area (TPSA) is 94.9 Å². The molecule has 33 heavy (non-hydrogen) atoms. The highest BCUT2D eigenvalue weighted by atomic mass is 19.1. The fourth-order valence-electron chi connectivity index (χ4n) is 4.69. The highest BCUT2D eigenvalue weighted by Gasteiger charge is 2.40. The van der Waals surface area contributed by atoms with Crippen LogP contribution >= 0.6 is 0 Å². The summed E-state index contributed by atoms with van der Waals surface area (Å²) in [5.41, 5.74) is -0.00257. The van der Waals surface area contributed by atoms with E-state index in [-0.39, 0.29) is 41.3 Å². The zero-order valence-electron chi connectivity index (χ0n) is 18.9. The van der Waals surface area contributed by atoms with Crippen molar-refractivity contribution < 1.29 is 19.1 Å². The quantitative estimate of drug-likeness (QED) is 0.688. The van der Waals surface area contributed by atoms with E-state index < -0.39 is 17.9 Å². The Morgan fingerprint density at radius 3 is 2.61 bits per heavy atom. The van der Waals surface area contributed by atoms with Crippen molar-refractivity contribution in [3.05, 3.63) is 68.9 Å². The van der Waals surface area contributed by atoms with Crippen LogP contribution in [0.2, 0.25) is 0 Å². The smallest absolute Gasteiger partial charge is 0.272 e. The highest BCUT2D eigenvalue weighted by molar-refractivity contribution is 5.98. The third kappa shape index (κ3) is 4.56. The average molecular weight is 457 g/mol. The van der Waals surface area contributed by atoms with Gasteiger partial charge in [0.05, 0.1) is 18.7 Å². The lowest BCUT2D eigenvalue weighted by Gasteiger charge is -2.48. The molecule has 2 amide bonds. The molecule has 0 saturated carbocycles. The number of hydrogen-bond donors (Lipinski definition) is 2. The molecule has 3 heterocycles. The lowest BCUT2D eigenvalue weighted by atomic mass is 10.0. The molecular weight excluding hydrogens is 427 g/mol. The number of nitrogens with one attached hydrogen (secondary N) is 1. The molecule has 2 aliphatic rings. The Morgan fingerprint density at radius 1 is 1.21 bits per heavy atom. The van der Waals surface area contributed by atoms with Gasteiger partial charge in [0.2, 0.25) is 5.43 Å². The van der Waals surface area contributed by atoms with Crippen molar-refractivity contribution in [2.75, 3.05) is 19.6 Å². The zero-order valence-corrected chi connectivity index (χ0v) is 18.9. The maximum Gasteiger partial charge on any atom is 0.272 e. The van der Waals surface area contributed by atoms with Crippen molar-refractivity contribution in [1.29, 1.82) is 0 Å². The van der Waals surface area contributed by atoms with Crippen molar-refractivity contribution in [2.45, 2.75) is 46.1 Å². The fourth-order valence-corrected chi connectivity index (χ4v) is 4.69. The first-order valence-electron chi connectivity index (χ1n) is 11.2. The third-order valence-corrected chi connectivity index (χ3v) is 6.19. The summed E-state index contributed by atoms with van der Waals surface area (Å²) in [5.74, 6) is -0.846. The maximum absolute atomic E-state index is 13.3. The number of aliphatic hydroxyl groups excluding tert-OH is 1. The van der Waals surface area contributed by atoms with Gasteiger partial charge in [0, 0.05) is 32.4 Å². The molecule has 9 heteroatoms. The Bertz CT molecular complexity index is 1110. The number of aliphatic hydroxyl groups is 1. The Kier molecular flexibility index (Phi) is 6.62. The second-order valence-corrected chi connectivity index (χ2v) is 9.04. The molecule has 0 aliphatic carbocycles. The number of aromatic nitrogens is 1. The predicted molar refractivity (Wildman–Crippen MR) is 120 cm³/mol. The van der Waals surface area contributed by atoms with Gasteiger partial charge in [-0.3, -0.25) is 19.3 Å². The molecule has 1 fully saturated rings. The number of pyridine rings is 1. The van der Waals surface area contributed by atoms with Crippen LogP contribution in [-0.4, -0.2) is 57.1 Å².